The molecular weight excluding hydrogens is 287 g/mol. The SMILES string of the molecule is CN(C(=O)c1c(F)cccc1Br)C1CCNC1. The van der Waals surface area contributed by atoms with Crippen LogP contribution >= 0.6 is 15.9 Å². The fourth-order valence-corrected chi connectivity index (χ4v) is 2.53. The molecule has 1 N–H and O–H groups in total. The molecule has 1 aromatic carbocycles. The maximum atomic E-state index is 13.7. The van der Waals surface area contributed by atoms with Gasteiger partial charge in [-0.25, -0.2) is 4.39 Å². The zero-order valence-corrected chi connectivity index (χ0v) is 11.1. The van der Waals surface area contributed by atoms with Crippen LogP contribution in [0.1, 0.15) is 16.8 Å². The number of benzene rings is 1. The summed E-state index contributed by atoms with van der Waals surface area (Å²) in [6, 6.07) is 4.71. The largest absolute Gasteiger partial charge is 0.337 e. The van der Waals surface area contributed by atoms with Crippen LogP contribution in [0.4, 0.5) is 4.39 Å². The first-order valence-corrected chi connectivity index (χ1v) is 6.32. The molecule has 1 aliphatic heterocycles. The molecular formula is C12H14BrFN2O. The normalized spacial score (nSPS) is 19.4. The molecule has 92 valence electrons. The molecule has 0 bridgehead atoms. The van der Waals surface area contributed by atoms with E-state index in [0.717, 1.165) is 19.5 Å². The molecule has 1 aliphatic rings. The maximum Gasteiger partial charge on any atom is 0.258 e. The van der Waals surface area contributed by atoms with E-state index < -0.39 is 5.82 Å². The number of nitrogens with zero attached hydrogens (tertiary/aromatic N) is 1. The highest BCUT2D eigenvalue weighted by atomic mass is 79.9. The minimum atomic E-state index is -0.484. The van der Waals surface area contributed by atoms with Crippen LogP contribution in [0.15, 0.2) is 22.7 Å². The quantitative estimate of drug-likeness (QED) is 0.906. The lowest BCUT2D eigenvalue weighted by Crippen LogP contribution is -2.38. The fourth-order valence-electron chi connectivity index (χ4n) is 2.01. The van der Waals surface area contributed by atoms with Crippen molar-refractivity contribution in [2.75, 3.05) is 20.1 Å². The second kappa shape index (κ2) is 5.14. The Bertz CT molecular complexity index is 412. The van der Waals surface area contributed by atoms with Gasteiger partial charge in [-0.3, -0.25) is 4.79 Å². The van der Waals surface area contributed by atoms with Crippen molar-refractivity contribution in [1.82, 2.24) is 10.2 Å². The van der Waals surface area contributed by atoms with Crippen LogP contribution < -0.4 is 5.32 Å². The zero-order valence-electron chi connectivity index (χ0n) is 9.54. The molecule has 1 aromatic rings. The van der Waals surface area contributed by atoms with Crippen LogP contribution in [0.5, 0.6) is 0 Å². The molecule has 5 heteroatoms. The van der Waals surface area contributed by atoms with Crippen molar-refractivity contribution in [1.29, 1.82) is 0 Å². The molecule has 3 nitrogen and oxygen atoms in total. The topological polar surface area (TPSA) is 32.3 Å². The molecule has 0 spiro atoms. The Hall–Kier alpha value is -0.940. The summed E-state index contributed by atoms with van der Waals surface area (Å²) in [6.07, 6.45) is 0.911. The molecule has 1 saturated heterocycles. The van der Waals surface area contributed by atoms with E-state index in [4.69, 9.17) is 0 Å². The molecule has 0 saturated carbocycles. The van der Waals surface area contributed by atoms with Crippen molar-refractivity contribution in [3.8, 4) is 0 Å². The minimum Gasteiger partial charge on any atom is -0.337 e. The zero-order chi connectivity index (χ0) is 12.4. The monoisotopic (exact) mass is 300 g/mol. The summed E-state index contributed by atoms with van der Waals surface area (Å²) in [5.74, 6) is -0.758. The lowest BCUT2D eigenvalue weighted by Gasteiger charge is -2.24. The summed E-state index contributed by atoms with van der Waals surface area (Å²) >= 11 is 3.22. The number of hydrogen-bond donors (Lipinski definition) is 1. The summed E-state index contributed by atoms with van der Waals surface area (Å²) in [6.45, 7) is 1.68. The van der Waals surface area contributed by atoms with Gasteiger partial charge in [-0.2, -0.15) is 0 Å². The van der Waals surface area contributed by atoms with Gasteiger partial charge in [0.1, 0.15) is 5.82 Å². The standard InChI is InChI=1S/C12H14BrFN2O/c1-16(8-5-6-15-7-8)12(17)11-9(13)3-2-4-10(11)14/h2-4,8,15H,5-7H2,1H3. The highest BCUT2D eigenvalue weighted by Gasteiger charge is 2.26. The van der Waals surface area contributed by atoms with Crippen molar-refractivity contribution < 1.29 is 9.18 Å². The van der Waals surface area contributed by atoms with E-state index in [1.165, 1.54) is 6.07 Å². The highest BCUT2D eigenvalue weighted by Crippen LogP contribution is 2.22. The molecule has 1 atom stereocenters. The average Bonchev–Trinajstić information content (AvgIpc) is 2.81. The first kappa shape index (κ1) is 12.5. The van der Waals surface area contributed by atoms with Gasteiger partial charge in [0, 0.05) is 24.1 Å². The van der Waals surface area contributed by atoms with E-state index in [0.29, 0.717) is 4.47 Å². The van der Waals surface area contributed by atoms with Gasteiger partial charge in [0.2, 0.25) is 0 Å². The number of amides is 1. The van der Waals surface area contributed by atoms with Crippen molar-refractivity contribution in [2.45, 2.75) is 12.5 Å². The third-order valence-electron chi connectivity index (χ3n) is 3.08. The number of halogens is 2. The van der Waals surface area contributed by atoms with Crippen LogP contribution in [0.25, 0.3) is 0 Å². The second-order valence-electron chi connectivity index (χ2n) is 4.16. The van der Waals surface area contributed by atoms with Crippen molar-refractivity contribution in [3.05, 3.63) is 34.1 Å². The van der Waals surface area contributed by atoms with Crippen molar-refractivity contribution in [3.63, 3.8) is 0 Å². The number of hydrogen-bond acceptors (Lipinski definition) is 2. The Morgan fingerprint density at radius 3 is 2.94 bits per heavy atom. The Morgan fingerprint density at radius 1 is 1.59 bits per heavy atom. The molecule has 0 radical (unpaired) electrons. The summed E-state index contributed by atoms with van der Waals surface area (Å²) in [5.41, 5.74) is 0.113. The predicted octanol–water partition coefficient (Wildman–Crippen LogP) is 2.02. The molecule has 17 heavy (non-hydrogen) atoms. The summed E-state index contributed by atoms with van der Waals surface area (Å²) < 4.78 is 14.2. The van der Waals surface area contributed by atoms with Gasteiger partial charge in [0.15, 0.2) is 0 Å². The first-order valence-electron chi connectivity index (χ1n) is 5.53. The summed E-state index contributed by atoms with van der Waals surface area (Å²) in [4.78, 5) is 13.8. The summed E-state index contributed by atoms with van der Waals surface area (Å²) in [7, 11) is 1.72. The minimum absolute atomic E-state index is 0.113. The van der Waals surface area contributed by atoms with Gasteiger partial charge >= 0.3 is 0 Å². The molecule has 1 fully saturated rings. The molecule has 2 rings (SSSR count). The Kier molecular flexibility index (Phi) is 3.79. The lowest BCUT2D eigenvalue weighted by atomic mass is 10.1. The number of rotatable bonds is 2. The van der Waals surface area contributed by atoms with Gasteiger partial charge in [0.05, 0.1) is 5.56 Å². The Morgan fingerprint density at radius 2 is 2.35 bits per heavy atom. The fraction of sp³-hybridized carbons (Fsp3) is 0.417. The third-order valence-corrected chi connectivity index (χ3v) is 3.74. The molecule has 0 aliphatic carbocycles. The number of carbonyl (C=O) groups is 1. The number of likely N-dealkylation sites (N-methyl/N-ethyl adjacent to an activating group) is 1. The summed E-state index contributed by atoms with van der Waals surface area (Å²) in [5, 5.41) is 3.19. The van der Waals surface area contributed by atoms with E-state index in [1.54, 1.807) is 24.1 Å². The van der Waals surface area contributed by atoms with E-state index in [-0.39, 0.29) is 17.5 Å². The van der Waals surface area contributed by atoms with E-state index in [1.807, 2.05) is 0 Å². The third kappa shape index (κ3) is 2.50. The molecule has 1 heterocycles. The number of nitrogens with one attached hydrogen (secondary N) is 1. The van der Waals surface area contributed by atoms with Crippen LogP contribution in [0.3, 0.4) is 0 Å². The van der Waals surface area contributed by atoms with Crippen LogP contribution in [0.2, 0.25) is 0 Å². The second-order valence-corrected chi connectivity index (χ2v) is 5.01. The van der Waals surface area contributed by atoms with Crippen molar-refractivity contribution in [2.24, 2.45) is 0 Å². The van der Waals surface area contributed by atoms with Crippen LogP contribution in [-0.2, 0) is 0 Å². The highest BCUT2D eigenvalue weighted by molar-refractivity contribution is 9.10. The maximum absolute atomic E-state index is 13.7. The van der Waals surface area contributed by atoms with Gasteiger partial charge in [-0.1, -0.05) is 6.07 Å². The van der Waals surface area contributed by atoms with Crippen LogP contribution in [-0.4, -0.2) is 37.0 Å². The van der Waals surface area contributed by atoms with Gasteiger partial charge in [-0.05, 0) is 41.0 Å². The Labute approximate surface area is 108 Å². The molecule has 0 aromatic heterocycles. The van der Waals surface area contributed by atoms with Gasteiger partial charge in [0.25, 0.3) is 5.91 Å². The van der Waals surface area contributed by atoms with Crippen molar-refractivity contribution >= 4 is 21.8 Å². The van der Waals surface area contributed by atoms with E-state index in [9.17, 15) is 9.18 Å². The molecule has 1 unspecified atom stereocenters. The smallest absolute Gasteiger partial charge is 0.258 e. The number of carbonyl (C=O) groups excluding carboxylic acids is 1. The predicted molar refractivity (Wildman–Crippen MR) is 67.5 cm³/mol. The first-order chi connectivity index (χ1) is 8.11. The van der Waals surface area contributed by atoms with Gasteiger partial charge < -0.3 is 10.2 Å². The van der Waals surface area contributed by atoms with E-state index in [2.05, 4.69) is 21.2 Å². The van der Waals surface area contributed by atoms with E-state index >= 15 is 0 Å². The van der Waals surface area contributed by atoms with Crippen LogP contribution in [0, 0.1) is 5.82 Å². The van der Waals surface area contributed by atoms with Gasteiger partial charge in [-0.15, -0.1) is 0 Å². The Balaban J connectivity index is 2.24. The molecule has 1 amide bonds. The average molecular weight is 301 g/mol. The lowest BCUT2D eigenvalue weighted by molar-refractivity contribution is 0.0738.